The van der Waals surface area contributed by atoms with Crippen LogP contribution >= 0.6 is 0 Å². The molecule has 5 nitrogen and oxygen atoms in total. The van der Waals surface area contributed by atoms with E-state index in [1.165, 1.54) is 6.21 Å². The minimum atomic E-state index is 0.628. The van der Waals surface area contributed by atoms with Crippen LogP contribution in [0.3, 0.4) is 0 Å². The number of para-hydroxylation sites is 2. The number of furan rings is 1. The first-order chi connectivity index (χ1) is 11.3. The SMILES string of the molecule is O/N=C\c1cn(-c2ccccc2)nc1-c1cc2ccccc2o1. The molecular formula is C18H13N3O2. The molecule has 0 spiro atoms. The molecule has 5 heteroatoms. The summed E-state index contributed by atoms with van der Waals surface area (Å²) in [6, 6.07) is 19.4. The van der Waals surface area contributed by atoms with Gasteiger partial charge in [0, 0.05) is 17.1 Å². The van der Waals surface area contributed by atoms with Crippen LogP contribution in [0.5, 0.6) is 0 Å². The molecule has 0 unspecified atom stereocenters. The third-order valence-corrected chi connectivity index (χ3v) is 3.62. The highest BCUT2D eigenvalue weighted by Gasteiger charge is 2.15. The lowest BCUT2D eigenvalue weighted by Crippen LogP contribution is -1.93. The zero-order valence-corrected chi connectivity index (χ0v) is 12.1. The molecule has 2 aromatic heterocycles. The highest BCUT2D eigenvalue weighted by Crippen LogP contribution is 2.29. The van der Waals surface area contributed by atoms with E-state index in [1.807, 2.05) is 60.7 Å². The summed E-state index contributed by atoms with van der Waals surface area (Å²) in [5, 5.41) is 17.6. The lowest BCUT2D eigenvalue weighted by Gasteiger charge is -1.98. The monoisotopic (exact) mass is 303 g/mol. The lowest BCUT2D eigenvalue weighted by molar-refractivity contribution is 0.322. The predicted octanol–water partition coefficient (Wildman–Crippen LogP) is 4.09. The summed E-state index contributed by atoms with van der Waals surface area (Å²) in [5.74, 6) is 0.635. The van der Waals surface area contributed by atoms with Gasteiger partial charge in [-0.05, 0) is 24.3 Å². The summed E-state index contributed by atoms with van der Waals surface area (Å²) < 4.78 is 7.61. The highest BCUT2D eigenvalue weighted by molar-refractivity contribution is 5.90. The maximum Gasteiger partial charge on any atom is 0.156 e. The Morgan fingerprint density at radius 2 is 1.83 bits per heavy atom. The molecule has 0 aliphatic carbocycles. The van der Waals surface area contributed by atoms with E-state index in [2.05, 4.69) is 10.3 Å². The smallest absolute Gasteiger partial charge is 0.156 e. The normalized spacial score (nSPS) is 11.5. The summed E-state index contributed by atoms with van der Waals surface area (Å²) in [6.07, 6.45) is 3.16. The van der Waals surface area contributed by atoms with E-state index in [-0.39, 0.29) is 0 Å². The molecule has 2 heterocycles. The van der Waals surface area contributed by atoms with Gasteiger partial charge in [0.1, 0.15) is 11.3 Å². The molecule has 0 radical (unpaired) electrons. The summed E-state index contributed by atoms with van der Waals surface area (Å²) >= 11 is 0. The van der Waals surface area contributed by atoms with Gasteiger partial charge in [-0.1, -0.05) is 41.6 Å². The third-order valence-electron chi connectivity index (χ3n) is 3.62. The first-order valence-corrected chi connectivity index (χ1v) is 7.16. The zero-order chi connectivity index (χ0) is 15.6. The number of oxime groups is 1. The van der Waals surface area contributed by atoms with Crippen molar-refractivity contribution in [3.05, 3.63) is 72.4 Å². The van der Waals surface area contributed by atoms with Gasteiger partial charge in [-0.15, -0.1) is 0 Å². The largest absolute Gasteiger partial charge is 0.454 e. The van der Waals surface area contributed by atoms with E-state index in [0.29, 0.717) is 17.0 Å². The van der Waals surface area contributed by atoms with Crippen molar-refractivity contribution in [2.75, 3.05) is 0 Å². The first kappa shape index (κ1) is 13.3. The second-order valence-electron chi connectivity index (χ2n) is 5.11. The van der Waals surface area contributed by atoms with Crippen molar-refractivity contribution in [1.82, 2.24) is 9.78 Å². The van der Waals surface area contributed by atoms with Crippen LogP contribution in [0.1, 0.15) is 5.56 Å². The lowest BCUT2D eigenvalue weighted by atomic mass is 10.2. The third kappa shape index (κ3) is 2.38. The number of hydrogen-bond acceptors (Lipinski definition) is 4. The standard InChI is InChI=1S/C18H13N3O2/c22-19-11-14-12-21(15-7-2-1-3-8-15)20-18(14)17-10-13-6-4-5-9-16(13)23-17/h1-12,22H/b19-11-. The Kier molecular flexibility index (Phi) is 3.16. The first-order valence-electron chi connectivity index (χ1n) is 7.16. The molecule has 0 saturated heterocycles. The molecule has 2 aromatic carbocycles. The molecule has 0 aliphatic heterocycles. The number of hydrogen-bond donors (Lipinski definition) is 1. The van der Waals surface area contributed by atoms with Gasteiger partial charge in [-0.3, -0.25) is 0 Å². The van der Waals surface area contributed by atoms with Gasteiger partial charge in [-0.2, -0.15) is 5.10 Å². The fourth-order valence-electron chi connectivity index (χ4n) is 2.55. The van der Waals surface area contributed by atoms with Crippen molar-refractivity contribution >= 4 is 17.2 Å². The van der Waals surface area contributed by atoms with Crippen molar-refractivity contribution in [2.45, 2.75) is 0 Å². The van der Waals surface area contributed by atoms with Crippen molar-refractivity contribution in [1.29, 1.82) is 0 Å². The van der Waals surface area contributed by atoms with E-state index in [4.69, 9.17) is 9.62 Å². The molecule has 112 valence electrons. The second-order valence-corrected chi connectivity index (χ2v) is 5.11. The zero-order valence-electron chi connectivity index (χ0n) is 12.1. The topological polar surface area (TPSA) is 63.6 Å². The Labute approximate surface area is 132 Å². The maximum absolute atomic E-state index is 8.91. The van der Waals surface area contributed by atoms with Crippen molar-refractivity contribution in [2.24, 2.45) is 5.16 Å². The van der Waals surface area contributed by atoms with Crippen LogP contribution in [0.2, 0.25) is 0 Å². The summed E-state index contributed by atoms with van der Waals surface area (Å²) in [4.78, 5) is 0. The molecule has 0 aliphatic rings. The fourth-order valence-corrected chi connectivity index (χ4v) is 2.55. The van der Waals surface area contributed by atoms with E-state index in [0.717, 1.165) is 16.7 Å². The Bertz CT molecular complexity index is 951. The van der Waals surface area contributed by atoms with Gasteiger partial charge in [0.15, 0.2) is 5.76 Å². The molecule has 0 bridgehead atoms. The van der Waals surface area contributed by atoms with Crippen LogP contribution in [0.15, 0.2) is 76.4 Å². The molecular weight excluding hydrogens is 290 g/mol. The van der Waals surface area contributed by atoms with Gasteiger partial charge in [0.2, 0.25) is 0 Å². The Morgan fingerprint density at radius 1 is 1.04 bits per heavy atom. The molecule has 0 fully saturated rings. The summed E-state index contributed by atoms with van der Waals surface area (Å²) in [6.45, 7) is 0. The van der Waals surface area contributed by atoms with E-state index in [9.17, 15) is 0 Å². The van der Waals surface area contributed by atoms with Gasteiger partial charge in [-0.25, -0.2) is 4.68 Å². The summed E-state index contributed by atoms with van der Waals surface area (Å²) in [5.41, 5.74) is 3.02. The molecule has 0 atom stereocenters. The maximum atomic E-state index is 8.91. The van der Waals surface area contributed by atoms with Crippen LogP contribution in [-0.4, -0.2) is 21.2 Å². The van der Waals surface area contributed by atoms with Gasteiger partial charge >= 0.3 is 0 Å². The summed E-state index contributed by atoms with van der Waals surface area (Å²) in [7, 11) is 0. The average Bonchev–Trinajstić information content (AvgIpc) is 3.19. The molecule has 0 amide bonds. The average molecular weight is 303 g/mol. The number of fused-ring (bicyclic) bond motifs is 1. The van der Waals surface area contributed by atoms with Gasteiger partial charge < -0.3 is 9.62 Å². The Morgan fingerprint density at radius 3 is 2.61 bits per heavy atom. The van der Waals surface area contributed by atoms with Gasteiger partial charge in [0.25, 0.3) is 0 Å². The van der Waals surface area contributed by atoms with Crippen LogP contribution in [-0.2, 0) is 0 Å². The molecule has 4 rings (SSSR count). The van der Waals surface area contributed by atoms with Crippen LogP contribution < -0.4 is 0 Å². The predicted molar refractivity (Wildman–Crippen MR) is 88.2 cm³/mol. The van der Waals surface area contributed by atoms with Crippen LogP contribution in [0, 0.1) is 0 Å². The Balaban J connectivity index is 1.88. The molecule has 4 aromatic rings. The minimum absolute atomic E-state index is 0.628. The van der Waals surface area contributed by atoms with Crippen LogP contribution in [0.4, 0.5) is 0 Å². The number of nitrogens with zero attached hydrogens (tertiary/aromatic N) is 3. The van der Waals surface area contributed by atoms with Crippen molar-refractivity contribution in [3.63, 3.8) is 0 Å². The number of benzene rings is 2. The quantitative estimate of drug-likeness (QED) is 0.352. The number of rotatable bonds is 3. The van der Waals surface area contributed by atoms with E-state index < -0.39 is 0 Å². The van der Waals surface area contributed by atoms with E-state index >= 15 is 0 Å². The van der Waals surface area contributed by atoms with Crippen LogP contribution in [0.25, 0.3) is 28.1 Å². The van der Waals surface area contributed by atoms with Crippen molar-refractivity contribution < 1.29 is 9.62 Å². The number of aromatic nitrogens is 2. The molecule has 23 heavy (non-hydrogen) atoms. The molecule has 1 N–H and O–H groups in total. The Hall–Kier alpha value is -3.34. The van der Waals surface area contributed by atoms with Crippen molar-refractivity contribution in [3.8, 4) is 17.1 Å². The fraction of sp³-hybridized carbons (Fsp3) is 0. The van der Waals surface area contributed by atoms with E-state index in [1.54, 1.807) is 10.9 Å². The van der Waals surface area contributed by atoms with Gasteiger partial charge in [0.05, 0.1) is 11.9 Å². The highest BCUT2D eigenvalue weighted by atomic mass is 16.4. The molecule has 0 saturated carbocycles. The minimum Gasteiger partial charge on any atom is -0.454 e. The second kappa shape index (κ2) is 5.46.